The molecule has 2 amide bonds. The number of amides is 2. The number of nitrogens with zero attached hydrogens (tertiary/aromatic N) is 4. The summed E-state index contributed by atoms with van der Waals surface area (Å²) in [5.74, 6) is 0.606. The third-order valence-electron chi connectivity index (χ3n) is 5.44. The number of hydrogen-bond acceptors (Lipinski definition) is 7. The topological polar surface area (TPSA) is 99.7 Å². The highest BCUT2D eigenvalue weighted by Crippen LogP contribution is 2.29. The van der Waals surface area contributed by atoms with Gasteiger partial charge in [0.1, 0.15) is 5.75 Å². The van der Waals surface area contributed by atoms with Crippen LogP contribution in [0.25, 0.3) is 0 Å². The Kier molecular flexibility index (Phi) is 6.39. The molecule has 1 unspecified atom stereocenters. The Bertz CT molecular complexity index is 1150. The molecule has 1 aliphatic heterocycles. The lowest BCUT2D eigenvalue weighted by Gasteiger charge is -2.17. The van der Waals surface area contributed by atoms with Crippen LogP contribution in [0.3, 0.4) is 0 Å². The lowest BCUT2D eigenvalue weighted by molar-refractivity contribution is -0.122. The number of aromatic nitrogens is 2. The molecule has 0 spiro atoms. The van der Waals surface area contributed by atoms with E-state index < -0.39 is 5.92 Å². The molecule has 0 bridgehead atoms. The molecule has 3 aromatic rings. The zero-order valence-corrected chi connectivity index (χ0v) is 18.8. The minimum Gasteiger partial charge on any atom is -0.497 e. The van der Waals surface area contributed by atoms with E-state index in [4.69, 9.17) is 4.74 Å². The number of ether oxygens (including phenoxy) is 1. The van der Waals surface area contributed by atoms with Crippen LogP contribution in [0.1, 0.15) is 6.42 Å². The number of carbonyl (C=O) groups is 2. The van der Waals surface area contributed by atoms with E-state index in [2.05, 4.69) is 20.8 Å². The first-order valence-corrected chi connectivity index (χ1v) is 10.6. The van der Waals surface area contributed by atoms with Crippen molar-refractivity contribution in [3.63, 3.8) is 0 Å². The maximum absolute atomic E-state index is 12.8. The molecule has 1 aromatic heterocycles. The van der Waals surface area contributed by atoms with Crippen LogP contribution < -0.4 is 25.2 Å². The SMILES string of the molecule is COc1cccc(N2CC(C(=O)Nc3ccc(Nc4cc(N(C)C)cnn4)cc3)CC2=O)c1. The van der Waals surface area contributed by atoms with E-state index in [9.17, 15) is 9.59 Å². The van der Waals surface area contributed by atoms with E-state index >= 15 is 0 Å². The van der Waals surface area contributed by atoms with Gasteiger partial charge in [-0.1, -0.05) is 6.07 Å². The van der Waals surface area contributed by atoms with Crippen molar-refractivity contribution in [2.75, 3.05) is 48.2 Å². The maximum Gasteiger partial charge on any atom is 0.229 e. The molecule has 2 aromatic carbocycles. The molecule has 1 aliphatic rings. The van der Waals surface area contributed by atoms with Gasteiger partial charge in [0.05, 0.1) is 24.9 Å². The van der Waals surface area contributed by atoms with E-state index in [1.54, 1.807) is 36.4 Å². The highest BCUT2D eigenvalue weighted by Gasteiger charge is 2.35. The Labute approximate surface area is 192 Å². The first-order valence-electron chi connectivity index (χ1n) is 10.6. The summed E-state index contributed by atoms with van der Waals surface area (Å²) in [7, 11) is 5.45. The Balaban J connectivity index is 1.37. The molecule has 0 radical (unpaired) electrons. The van der Waals surface area contributed by atoms with Crippen molar-refractivity contribution in [2.24, 2.45) is 5.92 Å². The number of nitrogens with one attached hydrogen (secondary N) is 2. The van der Waals surface area contributed by atoms with Crippen LogP contribution >= 0.6 is 0 Å². The Morgan fingerprint density at radius 3 is 2.61 bits per heavy atom. The lowest BCUT2D eigenvalue weighted by atomic mass is 10.1. The maximum atomic E-state index is 12.8. The van der Waals surface area contributed by atoms with Crippen LogP contribution in [-0.4, -0.2) is 49.8 Å². The fourth-order valence-corrected chi connectivity index (χ4v) is 3.60. The van der Waals surface area contributed by atoms with Crippen LogP contribution in [0.4, 0.5) is 28.6 Å². The fraction of sp³-hybridized carbons (Fsp3) is 0.250. The second-order valence-corrected chi connectivity index (χ2v) is 7.99. The molecular weight excluding hydrogens is 420 g/mol. The minimum atomic E-state index is -0.425. The average Bonchev–Trinajstić information content (AvgIpc) is 3.22. The molecule has 33 heavy (non-hydrogen) atoms. The third kappa shape index (κ3) is 5.20. The van der Waals surface area contributed by atoms with Crippen molar-refractivity contribution in [1.82, 2.24) is 10.2 Å². The van der Waals surface area contributed by atoms with Crippen molar-refractivity contribution in [3.8, 4) is 5.75 Å². The van der Waals surface area contributed by atoms with Crippen LogP contribution in [0, 0.1) is 5.92 Å². The summed E-state index contributed by atoms with van der Waals surface area (Å²) in [6, 6.07) is 16.5. The van der Waals surface area contributed by atoms with Gasteiger partial charge >= 0.3 is 0 Å². The van der Waals surface area contributed by atoms with E-state index in [0.717, 1.165) is 17.1 Å². The van der Waals surface area contributed by atoms with Gasteiger partial charge in [-0.15, -0.1) is 5.10 Å². The monoisotopic (exact) mass is 446 g/mol. The van der Waals surface area contributed by atoms with Crippen LogP contribution in [0.15, 0.2) is 60.8 Å². The fourth-order valence-electron chi connectivity index (χ4n) is 3.60. The van der Waals surface area contributed by atoms with Crippen molar-refractivity contribution in [3.05, 3.63) is 60.8 Å². The van der Waals surface area contributed by atoms with Gasteiger partial charge in [0.15, 0.2) is 5.82 Å². The molecule has 4 rings (SSSR count). The van der Waals surface area contributed by atoms with E-state index in [0.29, 0.717) is 23.8 Å². The van der Waals surface area contributed by atoms with Crippen LogP contribution in [0.2, 0.25) is 0 Å². The quantitative estimate of drug-likeness (QED) is 0.574. The van der Waals surface area contributed by atoms with Gasteiger partial charge in [-0.05, 0) is 36.4 Å². The summed E-state index contributed by atoms with van der Waals surface area (Å²) in [4.78, 5) is 28.9. The summed E-state index contributed by atoms with van der Waals surface area (Å²) >= 11 is 0. The second kappa shape index (κ2) is 9.56. The molecule has 2 heterocycles. The molecule has 2 N–H and O–H groups in total. The number of methoxy groups -OCH3 is 1. The van der Waals surface area contributed by atoms with Crippen molar-refractivity contribution < 1.29 is 14.3 Å². The number of anilines is 5. The number of benzene rings is 2. The van der Waals surface area contributed by atoms with E-state index in [-0.39, 0.29) is 18.2 Å². The van der Waals surface area contributed by atoms with Gasteiger partial charge in [0.25, 0.3) is 0 Å². The average molecular weight is 447 g/mol. The number of hydrogen-bond donors (Lipinski definition) is 2. The van der Waals surface area contributed by atoms with Gasteiger partial charge in [-0.2, -0.15) is 5.10 Å². The molecule has 1 saturated heterocycles. The summed E-state index contributed by atoms with van der Waals surface area (Å²) < 4.78 is 5.23. The molecule has 0 saturated carbocycles. The molecule has 9 nitrogen and oxygen atoms in total. The summed E-state index contributed by atoms with van der Waals surface area (Å²) in [5.41, 5.74) is 3.14. The molecule has 1 fully saturated rings. The first-order chi connectivity index (χ1) is 15.9. The highest BCUT2D eigenvalue weighted by molar-refractivity contribution is 6.03. The number of rotatable bonds is 7. The standard InChI is InChI=1S/C24H26N6O3/c1-29(2)20-13-22(28-25-14-20)26-17-7-9-18(10-8-17)27-24(32)16-11-23(31)30(15-16)19-5-4-6-21(12-19)33-3/h4-10,12-14,16H,11,15H2,1-3H3,(H,26,28)(H,27,32). The van der Waals surface area contributed by atoms with Gasteiger partial charge in [0, 0.05) is 56.3 Å². The molecule has 1 atom stereocenters. The lowest BCUT2D eigenvalue weighted by Crippen LogP contribution is -2.28. The molecule has 9 heteroatoms. The Morgan fingerprint density at radius 2 is 1.88 bits per heavy atom. The van der Waals surface area contributed by atoms with Crippen LogP contribution in [-0.2, 0) is 9.59 Å². The summed E-state index contributed by atoms with van der Waals surface area (Å²) in [6.45, 7) is 0.332. The second-order valence-electron chi connectivity index (χ2n) is 7.99. The largest absolute Gasteiger partial charge is 0.497 e. The predicted molar refractivity (Wildman–Crippen MR) is 128 cm³/mol. The van der Waals surface area contributed by atoms with Gasteiger partial charge in [-0.3, -0.25) is 9.59 Å². The van der Waals surface area contributed by atoms with Gasteiger partial charge < -0.3 is 25.2 Å². The molecule has 170 valence electrons. The predicted octanol–water partition coefficient (Wildman–Crippen LogP) is 3.29. The molecular formula is C24H26N6O3. The van der Waals surface area contributed by atoms with Gasteiger partial charge in [-0.25, -0.2) is 0 Å². The number of carbonyl (C=O) groups excluding carboxylic acids is 2. The Morgan fingerprint density at radius 1 is 1.12 bits per heavy atom. The van der Waals surface area contributed by atoms with Crippen molar-refractivity contribution in [1.29, 1.82) is 0 Å². The van der Waals surface area contributed by atoms with E-state index in [1.165, 1.54) is 0 Å². The summed E-state index contributed by atoms with van der Waals surface area (Å²) in [5, 5.41) is 14.2. The van der Waals surface area contributed by atoms with E-state index in [1.807, 2.05) is 55.4 Å². The van der Waals surface area contributed by atoms with Crippen molar-refractivity contribution >= 4 is 40.4 Å². The smallest absolute Gasteiger partial charge is 0.229 e. The minimum absolute atomic E-state index is 0.0796. The molecule has 0 aliphatic carbocycles. The summed E-state index contributed by atoms with van der Waals surface area (Å²) in [6.07, 6.45) is 1.86. The third-order valence-corrected chi connectivity index (χ3v) is 5.44. The zero-order chi connectivity index (χ0) is 23.4. The first kappa shape index (κ1) is 22.1. The van der Waals surface area contributed by atoms with Crippen LogP contribution in [0.5, 0.6) is 5.75 Å². The van der Waals surface area contributed by atoms with Crippen molar-refractivity contribution in [2.45, 2.75) is 6.42 Å². The van der Waals surface area contributed by atoms with Gasteiger partial charge in [0.2, 0.25) is 11.8 Å². The Hall–Kier alpha value is -4.14. The highest BCUT2D eigenvalue weighted by atomic mass is 16.5. The normalized spacial score (nSPS) is 15.3. The zero-order valence-electron chi connectivity index (χ0n) is 18.8.